The minimum Gasteiger partial charge on any atom is -0.207 e. The minimum absolute atomic E-state index is 0.129. The van der Waals surface area contributed by atoms with E-state index in [-0.39, 0.29) is 9.92 Å². The summed E-state index contributed by atoms with van der Waals surface area (Å²) >= 11 is 17.5. The SMILES string of the molecule is C[C@H](NS(=O)(=O)c1ccc(F)c(Cl)c1)c1ccc(Cl)cc1Cl. The van der Waals surface area contributed by atoms with Crippen molar-refractivity contribution in [3.8, 4) is 0 Å². The second kappa shape index (κ2) is 6.72. The molecule has 0 aliphatic heterocycles. The predicted molar refractivity (Wildman–Crippen MR) is 86.6 cm³/mol. The Hall–Kier alpha value is -0.850. The van der Waals surface area contributed by atoms with Crippen LogP contribution < -0.4 is 4.72 Å². The molecular weight excluding hydrogens is 372 g/mol. The molecule has 0 bridgehead atoms. The van der Waals surface area contributed by atoms with Gasteiger partial charge in [0.25, 0.3) is 0 Å². The Morgan fingerprint density at radius 3 is 2.32 bits per heavy atom. The van der Waals surface area contributed by atoms with Crippen LogP contribution >= 0.6 is 34.8 Å². The maximum absolute atomic E-state index is 13.1. The summed E-state index contributed by atoms with van der Waals surface area (Å²) in [4.78, 5) is -0.129. The molecule has 0 amide bonds. The van der Waals surface area contributed by atoms with Crippen molar-refractivity contribution < 1.29 is 12.8 Å². The standard InChI is InChI=1S/C14H11Cl3FNO2S/c1-8(11-4-2-9(15)6-12(11)16)19-22(20,21)10-3-5-14(18)13(17)7-10/h2-8,19H,1H3/t8-/m0/s1. The van der Waals surface area contributed by atoms with Gasteiger partial charge < -0.3 is 0 Å². The Labute approximate surface area is 143 Å². The van der Waals surface area contributed by atoms with Gasteiger partial charge in [0, 0.05) is 16.1 Å². The highest BCUT2D eigenvalue weighted by molar-refractivity contribution is 7.89. The fourth-order valence-electron chi connectivity index (χ4n) is 1.86. The summed E-state index contributed by atoms with van der Waals surface area (Å²) in [7, 11) is -3.87. The highest BCUT2D eigenvalue weighted by atomic mass is 35.5. The first-order valence-corrected chi connectivity index (χ1v) is 8.75. The fraction of sp³-hybridized carbons (Fsp3) is 0.143. The van der Waals surface area contributed by atoms with Crippen LogP contribution in [0.4, 0.5) is 4.39 Å². The molecule has 0 saturated carbocycles. The summed E-state index contributed by atoms with van der Waals surface area (Å²) in [6.45, 7) is 1.64. The topological polar surface area (TPSA) is 46.2 Å². The van der Waals surface area contributed by atoms with Crippen LogP contribution in [0.25, 0.3) is 0 Å². The first-order valence-electron chi connectivity index (χ1n) is 6.13. The first kappa shape index (κ1) is 17.5. The molecule has 118 valence electrons. The number of rotatable bonds is 4. The lowest BCUT2D eigenvalue weighted by molar-refractivity contribution is 0.566. The molecule has 1 atom stereocenters. The maximum atomic E-state index is 13.1. The largest absolute Gasteiger partial charge is 0.241 e. The lowest BCUT2D eigenvalue weighted by Crippen LogP contribution is -2.27. The zero-order chi connectivity index (χ0) is 16.5. The van der Waals surface area contributed by atoms with Crippen LogP contribution in [-0.4, -0.2) is 8.42 Å². The summed E-state index contributed by atoms with van der Waals surface area (Å²) in [6, 6.07) is 7.36. The highest BCUT2D eigenvalue weighted by Gasteiger charge is 2.21. The zero-order valence-corrected chi connectivity index (χ0v) is 14.4. The van der Waals surface area contributed by atoms with Crippen LogP contribution in [0.5, 0.6) is 0 Å². The first-order chi connectivity index (χ1) is 10.2. The second-order valence-corrected chi connectivity index (χ2v) is 7.55. The summed E-state index contributed by atoms with van der Waals surface area (Å²) in [5.74, 6) is -0.686. The molecule has 0 heterocycles. The number of benzene rings is 2. The number of hydrogen-bond acceptors (Lipinski definition) is 2. The van der Waals surface area contributed by atoms with E-state index in [9.17, 15) is 12.8 Å². The molecular formula is C14H11Cl3FNO2S. The van der Waals surface area contributed by atoms with E-state index in [1.165, 1.54) is 6.07 Å². The van der Waals surface area contributed by atoms with Gasteiger partial charge in [0.2, 0.25) is 10.0 Å². The van der Waals surface area contributed by atoms with Crippen LogP contribution in [0.2, 0.25) is 15.1 Å². The van der Waals surface area contributed by atoms with Gasteiger partial charge in [-0.3, -0.25) is 0 Å². The van der Waals surface area contributed by atoms with Crippen LogP contribution in [0.3, 0.4) is 0 Å². The minimum atomic E-state index is -3.87. The van der Waals surface area contributed by atoms with Crippen molar-refractivity contribution in [2.24, 2.45) is 0 Å². The predicted octanol–water partition coefficient (Wildman–Crippen LogP) is 4.83. The van der Waals surface area contributed by atoms with Gasteiger partial charge in [0.1, 0.15) is 5.82 Å². The van der Waals surface area contributed by atoms with Crippen LogP contribution in [-0.2, 0) is 10.0 Å². The molecule has 2 aromatic carbocycles. The van der Waals surface area contributed by atoms with Crippen molar-refractivity contribution >= 4 is 44.8 Å². The maximum Gasteiger partial charge on any atom is 0.241 e. The molecule has 8 heteroatoms. The highest BCUT2D eigenvalue weighted by Crippen LogP contribution is 2.27. The molecule has 0 unspecified atom stereocenters. The molecule has 0 aliphatic carbocycles. The van der Waals surface area contributed by atoms with Crippen molar-refractivity contribution in [3.05, 3.63) is 62.8 Å². The molecule has 3 nitrogen and oxygen atoms in total. The van der Waals surface area contributed by atoms with Crippen molar-refractivity contribution in [3.63, 3.8) is 0 Å². The average molecular weight is 383 g/mol. The third-order valence-electron chi connectivity index (χ3n) is 2.96. The Bertz CT molecular complexity index is 812. The van der Waals surface area contributed by atoms with Crippen molar-refractivity contribution in [1.82, 2.24) is 4.72 Å². The summed E-state index contributed by atoms with van der Waals surface area (Å²) in [5.41, 5.74) is 0.572. The van der Waals surface area contributed by atoms with Crippen LogP contribution in [0, 0.1) is 5.82 Å². The Morgan fingerprint density at radius 1 is 1.05 bits per heavy atom. The van der Waals surface area contributed by atoms with E-state index in [0.29, 0.717) is 15.6 Å². The zero-order valence-electron chi connectivity index (χ0n) is 11.3. The summed E-state index contributed by atoms with van der Waals surface area (Å²) < 4.78 is 40.2. The van der Waals surface area contributed by atoms with Gasteiger partial charge in [-0.05, 0) is 42.8 Å². The molecule has 22 heavy (non-hydrogen) atoms. The molecule has 0 aromatic heterocycles. The third-order valence-corrected chi connectivity index (χ3v) is 5.35. The summed E-state index contributed by atoms with van der Waals surface area (Å²) in [6.07, 6.45) is 0. The van der Waals surface area contributed by atoms with Crippen LogP contribution in [0.15, 0.2) is 41.3 Å². The number of halogens is 4. The van der Waals surface area contributed by atoms with E-state index >= 15 is 0 Å². The molecule has 0 spiro atoms. The molecule has 1 N–H and O–H groups in total. The molecule has 0 radical (unpaired) electrons. The van der Waals surface area contributed by atoms with E-state index in [4.69, 9.17) is 34.8 Å². The van der Waals surface area contributed by atoms with Crippen molar-refractivity contribution in [2.45, 2.75) is 17.9 Å². The van der Waals surface area contributed by atoms with Gasteiger partial charge in [-0.2, -0.15) is 0 Å². The summed E-state index contributed by atoms with van der Waals surface area (Å²) in [5, 5.41) is 0.536. The average Bonchev–Trinajstić information content (AvgIpc) is 2.40. The normalized spacial score (nSPS) is 13.1. The monoisotopic (exact) mass is 381 g/mol. The van der Waals surface area contributed by atoms with E-state index in [1.54, 1.807) is 19.1 Å². The van der Waals surface area contributed by atoms with E-state index in [1.807, 2.05) is 0 Å². The van der Waals surface area contributed by atoms with E-state index in [0.717, 1.165) is 18.2 Å². The smallest absolute Gasteiger partial charge is 0.207 e. The van der Waals surface area contributed by atoms with Gasteiger partial charge in [-0.1, -0.05) is 40.9 Å². The van der Waals surface area contributed by atoms with Crippen molar-refractivity contribution in [2.75, 3.05) is 0 Å². The van der Waals surface area contributed by atoms with Crippen molar-refractivity contribution in [1.29, 1.82) is 0 Å². The van der Waals surface area contributed by atoms with Crippen LogP contribution in [0.1, 0.15) is 18.5 Å². The molecule has 0 saturated heterocycles. The number of sulfonamides is 1. The van der Waals surface area contributed by atoms with Gasteiger partial charge >= 0.3 is 0 Å². The molecule has 0 fully saturated rings. The van der Waals surface area contributed by atoms with Gasteiger partial charge in [0.15, 0.2) is 0 Å². The van der Waals surface area contributed by atoms with E-state index in [2.05, 4.69) is 4.72 Å². The van der Waals surface area contributed by atoms with Gasteiger partial charge in [0.05, 0.1) is 9.92 Å². The van der Waals surface area contributed by atoms with Gasteiger partial charge in [-0.15, -0.1) is 0 Å². The number of hydrogen-bond donors (Lipinski definition) is 1. The molecule has 2 rings (SSSR count). The Balaban J connectivity index is 2.29. The lowest BCUT2D eigenvalue weighted by Gasteiger charge is -2.16. The number of nitrogens with one attached hydrogen (secondary N) is 1. The fourth-order valence-corrected chi connectivity index (χ4v) is 3.93. The molecule has 2 aromatic rings. The van der Waals surface area contributed by atoms with Gasteiger partial charge in [-0.25, -0.2) is 17.5 Å². The second-order valence-electron chi connectivity index (χ2n) is 4.58. The Morgan fingerprint density at radius 2 is 1.73 bits per heavy atom. The third kappa shape index (κ3) is 3.91. The van der Waals surface area contributed by atoms with E-state index < -0.39 is 21.9 Å². The quantitative estimate of drug-likeness (QED) is 0.823. The lowest BCUT2D eigenvalue weighted by atomic mass is 10.1. The Kier molecular flexibility index (Phi) is 5.35. The molecule has 0 aliphatic rings.